The number of benzene rings is 2. The van der Waals surface area contributed by atoms with Gasteiger partial charge in [0.15, 0.2) is 5.75 Å². The summed E-state index contributed by atoms with van der Waals surface area (Å²) in [7, 11) is -4.02. The minimum absolute atomic E-state index is 0.00809. The number of amides is 1. The van der Waals surface area contributed by atoms with Crippen molar-refractivity contribution in [2.75, 3.05) is 5.32 Å². The molecule has 0 atom stereocenters. The van der Waals surface area contributed by atoms with E-state index >= 15 is 0 Å². The number of fused-ring (bicyclic) bond motifs is 1. The number of anilines is 1. The van der Waals surface area contributed by atoms with Gasteiger partial charge in [-0.2, -0.15) is 8.42 Å². The molecular formula is C18H16N2O4S. The van der Waals surface area contributed by atoms with Crippen LogP contribution in [0.1, 0.15) is 12.6 Å². The fourth-order valence-corrected chi connectivity index (χ4v) is 3.30. The number of aromatic nitrogens is 1. The summed E-state index contributed by atoms with van der Waals surface area (Å²) in [4.78, 5) is 15.4. The normalized spacial score (nSPS) is 11.3. The number of nitrogens with zero attached hydrogens (tertiary/aromatic N) is 1. The van der Waals surface area contributed by atoms with E-state index in [2.05, 4.69) is 10.3 Å². The zero-order valence-electron chi connectivity index (χ0n) is 13.7. The monoisotopic (exact) mass is 356 g/mol. The van der Waals surface area contributed by atoms with Crippen molar-refractivity contribution in [3.05, 3.63) is 60.3 Å². The molecule has 0 saturated heterocycles. The lowest BCUT2D eigenvalue weighted by Gasteiger charge is -2.10. The van der Waals surface area contributed by atoms with Gasteiger partial charge in [-0.1, -0.05) is 18.2 Å². The van der Waals surface area contributed by atoms with Crippen molar-refractivity contribution in [3.8, 4) is 5.75 Å². The van der Waals surface area contributed by atoms with Crippen LogP contribution in [0.25, 0.3) is 10.9 Å². The van der Waals surface area contributed by atoms with Crippen LogP contribution in [-0.2, 0) is 14.9 Å². The van der Waals surface area contributed by atoms with Crippen molar-refractivity contribution < 1.29 is 17.4 Å². The Morgan fingerprint density at radius 3 is 2.44 bits per heavy atom. The Bertz CT molecular complexity index is 1040. The number of rotatable bonds is 4. The minimum atomic E-state index is -4.02. The first-order valence-electron chi connectivity index (χ1n) is 7.54. The van der Waals surface area contributed by atoms with Gasteiger partial charge in [0.25, 0.3) is 0 Å². The predicted octanol–water partition coefficient (Wildman–Crippen LogP) is 3.27. The number of para-hydroxylation sites is 1. The summed E-state index contributed by atoms with van der Waals surface area (Å²) in [5.74, 6) is -0.0591. The average Bonchev–Trinajstić information content (AvgIpc) is 2.55. The van der Waals surface area contributed by atoms with Crippen molar-refractivity contribution >= 4 is 32.6 Å². The van der Waals surface area contributed by atoms with Gasteiger partial charge in [-0.05, 0) is 43.3 Å². The third kappa shape index (κ3) is 3.77. The fraction of sp³-hybridized carbons (Fsp3) is 0.111. The summed E-state index contributed by atoms with van der Waals surface area (Å²) in [6.07, 6.45) is 0. The van der Waals surface area contributed by atoms with Gasteiger partial charge in [0, 0.05) is 23.7 Å². The van der Waals surface area contributed by atoms with Crippen LogP contribution in [0.15, 0.2) is 59.5 Å². The molecule has 3 aromatic rings. The number of hydrogen-bond donors (Lipinski definition) is 1. The Morgan fingerprint density at radius 2 is 1.76 bits per heavy atom. The second-order valence-electron chi connectivity index (χ2n) is 5.52. The molecule has 0 aliphatic carbocycles. The van der Waals surface area contributed by atoms with Gasteiger partial charge in [0.05, 0.1) is 0 Å². The summed E-state index contributed by atoms with van der Waals surface area (Å²) in [5, 5.41) is 3.37. The van der Waals surface area contributed by atoms with E-state index in [4.69, 9.17) is 4.18 Å². The van der Waals surface area contributed by atoms with E-state index < -0.39 is 10.1 Å². The van der Waals surface area contributed by atoms with Crippen LogP contribution in [0, 0.1) is 6.92 Å². The van der Waals surface area contributed by atoms with Crippen molar-refractivity contribution in [1.29, 1.82) is 0 Å². The van der Waals surface area contributed by atoms with Crippen molar-refractivity contribution in [1.82, 2.24) is 4.98 Å². The Balaban J connectivity index is 1.94. The molecule has 0 saturated carbocycles. The number of carbonyl (C=O) groups excluding carboxylic acids is 1. The minimum Gasteiger partial charge on any atom is -0.377 e. The molecule has 25 heavy (non-hydrogen) atoms. The van der Waals surface area contributed by atoms with Crippen LogP contribution in [0.4, 0.5) is 5.69 Å². The Hall–Kier alpha value is -2.93. The molecule has 1 N–H and O–H groups in total. The van der Waals surface area contributed by atoms with E-state index in [9.17, 15) is 13.2 Å². The third-order valence-electron chi connectivity index (χ3n) is 3.49. The predicted molar refractivity (Wildman–Crippen MR) is 95.0 cm³/mol. The molecule has 1 heterocycles. The molecule has 128 valence electrons. The summed E-state index contributed by atoms with van der Waals surface area (Å²) < 4.78 is 30.4. The summed E-state index contributed by atoms with van der Waals surface area (Å²) >= 11 is 0. The van der Waals surface area contributed by atoms with Gasteiger partial charge in [-0.15, -0.1) is 0 Å². The van der Waals surface area contributed by atoms with E-state index in [1.807, 2.05) is 25.1 Å². The first-order chi connectivity index (χ1) is 11.8. The van der Waals surface area contributed by atoms with E-state index in [-0.39, 0.29) is 16.6 Å². The van der Waals surface area contributed by atoms with Crippen molar-refractivity contribution in [2.45, 2.75) is 18.7 Å². The fourth-order valence-electron chi connectivity index (χ4n) is 2.36. The topological polar surface area (TPSA) is 85.4 Å². The van der Waals surface area contributed by atoms with Gasteiger partial charge in [-0.3, -0.25) is 4.79 Å². The van der Waals surface area contributed by atoms with E-state index in [0.29, 0.717) is 11.2 Å². The molecule has 6 nitrogen and oxygen atoms in total. The number of nitrogens with one attached hydrogen (secondary N) is 1. The third-order valence-corrected chi connectivity index (χ3v) is 4.73. The zero-order chi connectivity index (χ0) is 18.0. The SMILES string of the molecule is CC(=O)Nc1ccc(S(=O)(=O)Oc2cccc3ccc(C)nc23)cc1. The lowest BCUT2D eigenvalue weighted by atomic mass is 10.2. The highest BCUT2D eigenvalue weighted by atomic mass is 32.2. The highest BCUT2D eigenvalue weighted by Crippen LogP contribution is 2.27. The second kappa shape index (κ2) is 6.52. The highest BCUT2D eigenvalue weighted by molar-refractivity contribution is 7.87. The number of hydrogen-bond acceptors (Lipinski definition) is 5. The second-order valence-corrected chi connectivity index (χ2v) is 7.07. The van der Waals surface area contributed by atoms with Gasteiger partial charge in [0.1, 0.15) is 10.4 Å². The maximum atomic E-state index is 12.5. The standard InChI is InChI=1S/C18H16N2O4S/c1-12-6-7-14-4-3-5-17(18(14)19-12)24-25(22,23)16-10-8-15(9-11-16)20-13(2)21/h3-11H,1-2H3,(H,20,21). The van der Waals surface area contributed by atoms with Crippen LogP contribution < -0.4 is 9.50 Å². The van der Waals surface area contributed by atoms with Crippen LogP contribution >= 0.6 is 0 Å². The Kier molecular flexibility index (Phi) is 4.41. The molecule has 0 unspecified atom stereocenters. The highest BCUT2D eigenvalue weighted by Gasteiger charge is 2.18. The molecule has 7 heteroatoms. The zero-order valence-corrected chi connectivity index (χ0v) is 14.5. The van der Waals surface area contributed by atoms with Crippen LogP contribution in [0.5, 0.6) is 5.75 Å². The number of carbonyl (C=O) groups is 1. The molecular weight excluding hydrogens is 340 g/mol. The van der Waals surface area contributed by atoms with E-state index in [1.54, 1.807) is 12.1 Å². The Labute approximate surface area is 145 Å². The lowest BCUT2D eigenvalue weighted by molar-refractivity contribution is -0.114. The number of aryl methyl sites for hydroxylation is 1. The van der Waals surface area contributed by atoms with Crippen LogP contribution in [0.2, 0.25) is 0 Å². The van der Waals surface area contributed by atoms with Crippen molar-refractivity contribution in [2.24, 2.45) is 0 Å². The summed E-state index contributed by atoms with van der Waals surface area (Å²) in [5.41, 5.74) is 1.76. The van der Waals surface area contributed by atoms with Gasteiger partial charge < -0.3 is 9.50 Å². The smallest absolute Gasteiger partial charge is 0.339 e. The maximum absolute atomic E-state index is 12.5. The quantitative estimate of drug-likeness (QED) is 0.725. The van der Waals surface area contributed by atoms with Crippen molar-refractivity contribution in [3.63, 3.8) is 0 Å². The molecule has 0 fully saturated rings. The first kappa shape index (κ1) is 16.9. The first-order valence-corrected chi connectivity index (χ1v) is 8.94. The van der Waals surface area contributed by atoms with Crippen LogP contribution in [0.3, 0.4) is 0 Å². The molecule has 0 spiro atoms. The molecule has 3 rings (SSSR count). The molecule has 1 amide bonds. The average molecular weight is 356 g/mol. The Morgan fingerprint density at radius 1 is 1.04 bits per heavy atom. The molecule has 2 aromatic carbocycles. The molecule has 0 bridgehead atoms. The molecule has 0 aliphatic heterocycles. The van der Waals surface area contributed by atoms with E-state index in [0.717, 1.165) is 11.1 Å². The van der Waals surface area contributed by atoms with Gasteiger partial charge >= 0.3 is 10.1 Å². The summed E-state index contributed by atoms with van der Waals surface area (Å²) in [6.45, 7) is 3.20. The maximum Gasteiger partial charge on any atom is 0.339 e. The van der Waals surface area contributed by atoms with Gasteiger partial charge in [0.2, 0.25) is 5.91 Å². The lowest BCUT2D eigenvalue weighted by Crippen LogP contribution is -2.11. The molecule has 1 aromatic heterocycles. The van der Waals surface area contributed by atoms with Gasteiger partial charge in [-0.25, -0.2) is 4.98 Å². The van der Waals surface area contributed by atoms with E-state index in [1.165, 1.54) is 31.2 Å². The summed E-state index contributed by atoms with van der Waals surface area (Å²) in [6, 6.07) is 14.6. The molecule has 0 radical (unpaired) electrons. The molecule has 0 aliphatic rings. The van der Waals surface area contributed by atoms with Crippen LogP contribution in [-0.4, -0.2) is 19.3 Å². The largest absolute Gasteiger partial charge is 0.377 e. The number of pyridine rings is 1.